The van der Waals surface area contributed by atoms with Crippen LogP contribution in [0, 0.1) is 0 Å². The lowest BCUT2D eigenvalue weighted by atomic mass is 9.83. The Labute approximate surface area is 94.9 Å². The largest absolute Gasteiger partial charge is 0.399 e. The van der Waals surface area contributed by atoms with Crippen molar-refractivity contribution in [2.45, 2.75) is 25.2 Å². The molecule has 1 fully saturated rings. The van der Waals surface area contributed by atoms with Crippen molar-refractivity contribution >= 4 is 5.69 Å². The first kappa shape index (κ1) is 9.46. The van der Waals surface area contributed by atoms with E-state index in [1.54, 1.807) is 0 Å². The number of hydrogen-bond donors (Lipinski definition) is 1. The zero-order chi connectivity index (χ0) is 11.0. The molecule has 0 atom stereocenters. The highest BCUT2D eigenvalue weighted by Gasteiger charge is 2.23. The summed E-state index contributed by atoms with van der Waals surface area (Å²) in [5, 5.41) is 0. The molecule has 2 N–H and O–H groups in total. The van der Waals surface area contributed by atoms with E-state index in [-0.39, 0.29) is 0 Å². The smallest absolute Gasteiger partial charge is 0.0994 e. The first-order valence-electron chi connectivity index (χ1n) is 5.73. The van der Waals surface area contributed by atoms with Crippen LogP contribution in [0.4, 0.5) is 5.69 Å². The molecule has 1 heterocycles. The van der Waals surface area contributed by atoms with Gasteiger partial charge in [-0.1, -0.05) is 6.42 Å². The second-order valence-electron chi connectivity index (χ2n) is 4.41. The molecule has 82 valence electrons. The van der Waals surface area contributed by atoms with E-state index >= 15 is 0 Å². The predicted octanol–water partition coefficient (Wildman–Crippen LogP) is 2.72. The molecular formula is C13H15N3. The molecule has 3 nitrogen and oxygen atoms in total. The number of nitrogens with zero attached hydrogens (tertiary/aromatic N) is 2. The molecule has 0 spiro atoms. The number of rotatable bonds is 2. The molecule has 1 aliphatic carbocycles. The topological polar surface area (TPSA) is 43.8 Å². The summed E-state index contributed by atoms with van der Waals surface area (Å²) in [5.74, 6) is 0.694. The van der Waals surface area contributed by atoms with Gasteiger partial charge in [0, 0.05) is 29.2 Å². The summed E-state index contributed by atoms with van der Waals surface area (Å²) in [7, 11) is 0. The van der Waals surface area contributed by atoms with Gasteiger partial charge in [-0.25, -0.2) is 4.98 Å². The fourth-order valence-electron chi connectivity index (χ4n) is 2.16. The first-order valence-corrected chi connectivity index (χ1v) is 5.73. The van der Waals surface area contributed by atoms with Crippen molar-refractivity contribution in [2.24, 2.45) is 0 Å². The highest BCUT2D eigenvalue weighted by molar-refractivity contribution is 5.45. The van der Waals surface area contributed by atoms with Gasteiger partial charge >= 0.3 is 0 Å². The molecular weight excluding hydrogens is 198 g/mol. The Balaban J connectivity index is 1.99. The zero-order valence-electron chi connectivity index (χ0n) is 9.13. The molecule has 1 saturated carbocycles. The van der Waals surface area contributed by atoms with Gasteiger partial charge in [0.1, 0.15) is 0 Å². The Hall–Kier alpha value is -1.77. The number of nitrogens with two attached hydrogens (primary N) is 1. The van der Waals surface area contributed by atoms with E-state index in [0.717, 1.165) is 11.4 Å². The molecule has 2 aromatic rings. The van der Waals surface area contributed by atoms with Gasteiger partial charge in [-0.3, -0.25) is 0 Å². The van der Waals surface area contributed by atoms with Crippen molar-refractivity contribution in [1.29, 1.82) is 0 Å². The average molecular weight is 213 g/mol. The first-order chi connectivity index (χ1) is 7.84. The van der Waals surface area contributed by atoms with Crippen molar-refractivity contribution in [2.75, 3.05) is 5.73 Å². The summed E-state index contributed by atoms with van der Waals surface area (Å²) in [5.41, 5.74) is 8.97. The molecule has 0 amide bonds. The third-order valence-electron chi connectivity index (χ3n) is 3.36. The minimum Gasteiger partial charge on any atom is -0.399 e. The summed E-state index contributed by atoms with van der Waals surface area (Å²) in [6, 6.07) is 7.94. The highest BCUT2D eigenvalue weighted by atomic mass is 15.1. The number of aromatic nitrogens is 2. The Morgan fingerprint density at radius 2 is 1.94 bits per heavy atom. The van der Waals surface area contributed by atoms with Gasteiger partial charge in [0.2, 0.25) is 0 Å². The fraction of sp³-hybridized carbons (Fsp3) is 0.308. The van der Waals surface area contributed by atoms with E-state index in [1.807, 2.05) is 36.8 Å². The van der Waals surface area contributed by atoms with Crippen molar-refractivity contribution < 1.29 is 0 Å². The lowest BCUT2D eigenvalue weighted by molar-refractivity contribution is 0.407. The second kappa shape index (κ2) is 3.67. The quantitative estimate of drug-likeness (QED) is 0.779. The van der Waals surface area contributed by atoms with Gasteiger partial charge in [-0.05, 0) is 37.1 Å². The van der Waals surface area contributed by atoms with Crippen molar-refractivity contribution in [3.63, 3.8) is 0 Å². The Morgan fingerprint density at radius 3 is 2.56 bits per heavy atom. The normalized spacial score (nSPS) is 16.0. The molecule has 0 bridgehead atoms. The maximum Gasteiger partial charge on any atom is 0.0994 e. The molecule has 16 heavy (non-hydrogen) atoms. The fourth-order valence-corrected chi connectivity index (χ4v) is 2.16. The second-order valence-corrected chi connectivity index (χ2v) is 4.41. The van der Waals surface area contributed by atoms with Gasteiger partial charge in [-0.2, -0.15) is 0 Å². The molecule has 0 saturated heterocycles. The molecule has 1 aliphatic rings. The van der Waals surface area contributed by atoms with Crippen LogP contribution in [0.25, 0.3) is 5.69 Å². The van der Waals surface area contributed by atoms with Gasteiger partial charge < -0.3 is 10.3 Å². The maximum absolute atomic E-state index is 5.69. The summed E-state index contributed by atoms with van der Waals surface area (Å²) in [6.07, 6.45) is 7.80. The molecule has 0 radical (unpaired) electrons. The third kappa shape index (κ3) is 1.48. The average Bonchev–Trinajstić information content (AvgIpc) is 2.65. The monoisotopic (exact) mass is 213 g/mol. The van der Waals surface area contributed by atoms with Crippen LogP contribution in [0.2, 0.25) is 0 Å². The van der Waals surface area contributed by atoms with Crippen LogP contribution in [0.15, 0.2) is 36.8 Å². The van der Waals surface area contributed by atoms with Crippen LogP contribution in [0.1, 0.15) is 30.9 Å². The Morgan fingerprint density at radius 1 is 1.19 bits per heavy atom. The molecule has 3 rings (SSSR count). The standard InChI is InChI=1S/C13H15N3/c14-11-4-6-12(7-5-11)16-9-15-8-13(16)10-2-1-3-10/h4-10H,1-3,14H2. The van der Waals surface area contributed by atoms with Crippen molar-refractivity contribution in [1.82, 2.24) is 9.55 Å². The van der Waals surface area contributed by atoms with Crippen molar-refractivity contribution in [3.8, 4) is 5.69 Å². The molecule has 3 heteroatoms. The van der Waals surface area contributed by atoms with E-state index in [0.29, 0.717) is 5.92 Å². The third-order valence-corrected chi connectivity index (χ3v) is 3.36. The van der Waals surface area contributed by atoms with Crippen LogP contribution >= 0.6 is 0 Å². The number of benzene rings is 1. The minimum absolute atomic E-state index is 0.694. The van der Waals surface area contributed by atoms with E-state index in [2.05, 4.69) is 9.55 Å². The van der Waals surface area contributed by atoms with Crippen LogP contribution in [0.5, 0.6) is 0 Å². The Bertz CT molecular complexity index is 480. The number of nitrogen functional groups attached to an aromatic ring is 1. The molecule has 0 aliphatic heterocycles. The number of imidazole rings is 1. The minimum atomic E-state index is 0.694. The molecule has 1 aromatic heterocycles. The summed E-state index contributed by atoms with van der Waals surface area (Å²) in [6.45, 7) is 0. The predicted molar refractivity (Wildman–Crippen MR) is 64.6 cm³/mol. The summed E-state index contributed by atoms with van der Waals surface area (Å²) >= 11 is 0. The van der Waals surface area contributed by atoms with Gasteiger partial charge in [0.05, 0.1) is 6.33 Å². The highest BCUT2D eigenvalue weighted by Crippen LogP contribution is 2.36. The molecule has 0 unspecified atom stereocenters. The van der Waals surface area contributed by atoms with Crippen LogP contribution in [-0.2, 0) is 0 Å². The molecule has 1 aromatic carbocycles. The zero-order valence-corrected chi connectivity index (χ0v) is 9.13. The van der Waals surface area contributed by atoms with Crippen LogP contribution in [-0.4, -0.2) is 9.55 Å². The summed E-state index contributed by atoms with van der Waals surface area (Å²) in [4.78, 5) is 4.26. The van der Waals surface area contributed by atoms with Crippen molar-refractivity contribution in [3.05, 3.63) is 42.5 Å². The Kier molecular flexibility index (Phi) is 2.17. The van der Waals surface area contributed by atoms with Crippen LogP contribution < -0.4 is 5.73 Å². The van der Waals surface area contributed by atoms with Crippen LogP contribution in [0.3, 0.4) is 0 Å². The maximum atomic E-state index is 5.69. The lowest BCUT2D eigenvalue weighted by Gasteiger charge is -2.26. The van der Waals surface area contributed by atoms with Gasteiger partial charge in [-0.15, -0.1) is 0 Å². The van der Waals surface area contributed by atoms with Gasteiger partial charge in [0.15, 0.2) is 0 Å². The number of anilines is 1. The van der Waals surface area contributed by atoms with E-state index in [9.17, 15) is 0 Å². The van der Waals surface area contributed by atoms with Gasteiger partial charge in [0.25, 0.3) is 0 Å². The lowest BCUT2D eigenvalue weighted by Crippen LogP contribution is -2.13. The summed E-state index contributed by atoms with van der Waals surface area (Å²) < 4.78 is 2.17. The van der Waals surface area contributed by atoms with E-state index < -0.39 is 0 Å². The SMILES string of the molecule is Nc1ccc(-n2cncc2C2CCC2)cc1. The van der Waals surface area contributed by atoms with E-state index in [1.165, 1.54) is 25.0 Å². The number of hydrogen-bond acceptors (Lipinski definition) is 2. The van der Waals surface area contributed by atoms with E-state index in [4.69, 9.17) is 5.73 Å².